The smallest absolute Gasteiger partial charge is 0.164 e. The first-order valence-corrected chi connectivity index (χ1v) is 7.05. The van der Waals surface area contributed by atoms with Crippen molar-refractivity contribution in [2.75, 3.05) is 11.9 Å². The van der Waals surface area contributed by atoms with Crippen LogP contribution in [-0.4, -0.2) is 6.61 Å². The Labute approximate surface area is 123 Å². The topological polar surface area (TPSA) is 21.3 Å². The second kappa shape index (κ2) is 7.07. The molecule has 0 saturated carbocycles. The lowest BCUT2D eigenvalue weighted by atomic mass is 10.1. The van der Waals surface area contributed by atoms with Crippen molar-refractivity contribution in [3.05, 3.63) is 59.7 Å². The summed E-state index contributed by atoms with van der Waals surface area (Å²) in [6.07, 6.45) is 0.954. The van der Waals surface area contributed by atoms with Gasteiger partial charge < -0.3 is 10.1 Å². The molecule has 0 saturated heterocycles. The third-order valence-corrected chi connectivity index (χ3v) is 3.16. The van der Waals surface area contributed by atoms with Crippen LogP contribution in [0.1, 0.15) is 31.9 Å². The van der Waals surface area contributed by atoms with Crippen LogP contribution < -0.4 is 10.1 Å². The van der Waals surface area contributed by atoms with Gasteiger partial charge in [0.1, 0.15) is 5.75 Å². The molecule has 1 unspecified atom stereocenters. The highest BCUT2D eigenvalue weighted by molar-refractivity contribution is 5.48. The third-order valence-electron chi connectivity index (χ3n) is 3.16. The standard InChI is InChI=1S/C17H19F2NO/c1-3-11-21-14-9-7-13(8-10-14)20-12(2)15-5-4-6-16(18)17(15)19/h4-10,12,20H,3,11H2,1-2H3. The highest BCUT2D eigenvalue weighted by Crippen LogP contribution is 2.24. The summed E-state index contributed by atoms with van der Waals surface area (Å²) in [6.45, 7) is 4.52. The van der Waals surface area contributed by atoms with Crippen molar-refractivity contribution in [1.29, 1.82) is 0 Å². The van der Waals surface area contributed by atoms with Crippen LogP contribution in [-0.2, 0) is 0 Å². The Morgan fingerprint density at radius 1 is 1.10 bits per heavy atom. The number of nitrogens with one attached hydrogen (secondary N) is 1. The lowest BCUT2D eigenvalue weighted by Gasteiger charge is -2.17. The Morgan fingerprint density at radius 3 is 2.48 bits per heavy atom. The lowest BCUT2D eigenvalue weighted by molar-refractivity contribution is 0.317. The number of benzene rings is 2. The minimum absolute atomic E-state index is 0.307. The first-order chi connectivity index (χ1) is 10.1. The zero-order valence-electron chi connectivity index (χ0n) is 12.2. The molecule has 0 aliphatic heterocycles. The van der Waals surface area contributed by atoms with Crippen molar-refractivity contribution in [1.82, 2.24) is 0 Å². The van der Waals surface area contributed by atoms with Crippen LogP contribution in [0.3, 0.4) is 0 Å². The van der Waals surface area contributed by atoms with E-state index < -0.39 is 11.6 Å². The molecular formula is C17H19F2NO. The summed E-state index contributed by atoms with van der Waals surface area (Å²) in [7, 11) is 0. The Bertz CT molecular complexity index is 584. The quantitative estimate of drug-likeness (QED) is 0.815. The molecule has 0 heterocycles. The fourth-order valence-electron chi connectivity index (χ4n) is 2.05. The molecule has 1 N–H and O–H groups in total. The van der Waals surface area contributed by atoms with E-state index in [0.717, 1.165) is 23.9 Å². The Kier molecular flexibility index (Phi) is 5.14. The van der Waals surface area contributed by atoms with Gasteiger partial charge in [0.2, 0.25) is 0 Å². The largest absolute Gasteiger partial charge is 0.494 e. The molecule has 2 rings (SSSR count). The molecule has 0 bridgehead atoms. The normalized spacial score (nSPS) is 12.0. The summed E-state index contributed by atoms with van der Waals surface area (Å²) in [5.41, 5.74) is 1.14. The van der Waals surface area contributed by atoms with Crippen LogP contribution >= 0.6 is 0 Å². The molecule has 4 heteroatoms. The number of anilines is 1. The van der Waals surface area contributed by atoms with Gasteiger partial charge in [-0.3, -0.25) is 0 Å². The molecule has 21 heavy (non-hydrogen) atoms. The van der Waals surface area contributed by atoms with E-state index in [1.54, 1.807) is 13.0 Å². The van der Waals surface area contributed by atoms with Gasteiger partial charge in [0, 0.05) is 11.3 Å². The van der Waals surface area contributed by atoms with Crippen molar-refractivity contribution in [3.63, 3.8) is 0 Å². The van der Waals surface area contributed by atoms with Crippen LogP contribution in [0.25, 0.3) is 0 Å². The van der Waals surface area contributed by atoms with Gasteiger partial charge in [-0.2, -0.15) is 0 Å². The van der Waals surface area contributed by atoms with Crippen molar-refractivity contribution in [2.24, 2.45) is 0 Å². The molecule has 0 aliphatic carbocycles. The number of hydrogen-bond acceptors (Lipinski definition) is 2. The molecule has 1 atom stereocenters. The maximum Gasteiger partial charge on any atom is 0.164 e. The summed E-state index contributed by atoms with van der Waals surface area (Å²) < 4.78 is 32.5. The Morgan fingerprint density at radius 2 is 1.81 bits per heavy atom. The summed E-state index contributed by atoms with van der Waals surface area (Å²) in [6, 6.07) is 11.3. The average molecular weight is 291 g/mol. The first kappa shape index (κ1) is 15.3. The van der Waals surface area contributed by atoms with Gasteiger partial charge in [0.25, 0.3) is 0 Å². The second-order valence-corrected chi connectivity index (χ2v) is 4.88. The SMILES string of the molecule is CCCOc1ccc(NC(C)c2cccc(F)c2F)cc1. The number of rotatable bonds is 6. The van der Waals surface area contributed by atoms with Crippen LogP contribution in [0.4, 0.5) is 14.5 Å². The molecule has 112 valence electrons. The van der Waals surface area contributed by atoms with E-state index in [9.17, 15) is 8.78 Å². The molecular weight excluding hydrogens is 272 g/mol. The zero-order chi connectivity index (χ0) is 15.2. The van der Waals surface area contributed by atoms with E-state index in [0.29, 0.717) is 12.2 Å². The summed E-state index contributed by atoms with van der Waals surface area (Å²) >= 11 is 0. The summed E-state index contributed by atoms with van der Waals surface area (Å²) in [5, 5.41) is 3.15. The van der Waals surface area contributed by atoms with Crippen LogP contribution in [0.15, 0.2) is 42.5 Å². The molecule has 0 amide bonds. The highest BCUT2D eigenvalue weighted by Gasteiger charge is 2.13. The van der Waals surface area contributed by atoms with Crippen LogP contribution in [0.2, 0.25) is 0 Å². The fourth-order valence-corrected chi connectivity index (χ4v) is 2.05. The minimum atomic E-state index is -0.829. The van der Waals surface area contributed by atoms with Crippen molar-refractivity contribution >= 4 is 5.69 Å². The summed E-state index contributed by atoms with van der Waals surface area (Å²) in [4.78, 5) is 0. The molecule has 0 spiro atoms. The van der Waals surface area contributed by atoms with E-state index in [1.807, 2.05) is 31.2 Å². The molecule has 0 aliphatic rings. The van der Waals surface area contributed by atoms with Crippen LogP contribution in [0.5, 0.6) is 5.75 Å². The molecule has 0 fully saturated rings. The molecule has 0 radical (unpaired) electrons. The Balaban J connectivity index is 2.05. The van der Waals surface area contributed by atoms with Crippen molar-refractivity contribution in [2.45, 2.75) is 26.3 Å². The zero-order valence-corrected chi connectivity index (χ0v) is 12.2. The van der Waals surface area contributed by atoms with Crippen molar-refractivity contribution < 1.29 is 13.5 Å². The minimum Gasteiger partial charge on any atom is -0.494 e. The fraction of sp³-hybridized carbons (Fsp3) is 0.294. The van der Waals surface area contributed by atoms with Gasteiger partial charge >= 0.3 is 0 Å². The van der Waals surface area contributed by atoms with Gasteiger partial charge in [-0.15, -0.1) is 0 Å². The monoisotopic (exact) mass is 291 g/mol. The number of ether oxygens (including phenoxy) is 1. The van der Waals surface area contributed by atoms with Gasteiger partial charge in [0.15, 0.2) is 11.6 Å². The third kappa shape index (κ3) is 3.94. The van der Waals surface area contributed by atoms with Crippen LogP contribution in [0, 0.1) is 11.6 Å². The maximum absolute atomic E-state index is 13.7. The molecule has 2 aromatic carbocycles. The van der Waals surface area contributed by atoms with E-state index in [1.165, 1.54) is 6.07 Å². The van der Waals surface area contributed by atoms with Gasteiger partial charge in [-0.05, 0) is 43.7 Å². The molecule has 2 nitrogen and oxygen atoms in total. The number of hydrogen-bond donors (Lipinski definition) is 1. The van der Waals surface area contributed by atoms with Crippen molar-refractivity contribution in [3.8, 4) is 5.75 Å². The second-order valence-electron chi connectivity index (χ2n) is 4.88. The number of halogens is 2. The van der Waals surface area contributed by atoms with Gasteiger partial charge in [-0.25, -0.2) is 8.78 Å². The summed E-state index contributed by atoms with van der Waals surface area (Å²) in [5.74, 6) is -0.836. The van der Waals surface area contributed by atoms with Gasteiger partial charge in [-0.1, -0.05) is 19.1 Å². The van der Waals surface area contributed by atoms with E-state index in [2.05, 4.69) is 5.32 Å². The van der Waals surface area contributed by atoms with E-state index >= 15 is 0 Å². The maximum atomic E-state index is 13.7. The lowest BCUT2D eigenvalue weighted by Crippen LogP contribution is -2.09. The predicted octanol–water partition coefficient (Wildman–Crippen LogP) is 4.93. The predicted molar refractivity (Wildman–Crippen MR) is 80.6 cm³/mol. The molecule has 0 aromatic heterocycles. The van der Waals surface area contributed by atoms with E-state index in [4.69, 9.17) is 4.74 Å². The molecule has 2 aromatic rings. The highest BCUT2D eigenvalue weighted by atomic mass is 19.2. The Hall–Kier alpha value is -2.10. The first-order valence-electron chi connectivity index (χ1n) is 7.05. The van der Waals surface area contributed by atoms with E-state index in [-0.39, 0.29) is 6.04 Å². The van der Waals surface area contributed by atoms with Gasteiger partial charge in [0.05, 0.1) is 12.6 Å². The average Bonchev–Trinajstić information content (AvgIpc) is 2.49.